The van der Waals surface area contributed by atoms with Crippen LogP contribution in [0.25, 0.3) is 10.9 Å². The number of β-amino-alcohol motifs (C(OH)–C–C–N with tert-alkyl or cyclic N) is 1. The van der Waals surface area contributed by atoms with E-state index in [4.69, 9.17) is 44.3 Å². The topological polar surface area (TPSA) is 74.8 Å². The molecule has 2 fully saturated rings. The van der Waals surface area contributed by atoms with Crippen LogP contribution in [0.3, 0.4) is 0 Å². The maximum Gasteiger partial charge on any atom is 0.410 e. The van der Waals surface area contributed by atoms with Crippen LogP contribution in [0.15, 0.2) is 24.3 Å². The summed E-state index contributed by atoms with van der Waals surface area (Å²) in [6.07, 6.45) is 1.23. The van der Waals surface area contributed by atoms with Gasteiger partial charge in [-0.3, -0.25) is 0 Å². The molecule has 168 valence electrons. The van der Waals surface area contributed by atoms with Gasteiger partial charge in [-0.2, -0.15) is 0 Å². The summed E-state index contributed by atoms with van der Waals surface area (Å²) in [4.78, 5) is 18.3. The second-order valence-corrected chi connectivity index (χ2v) is 11.4. The summed E-state index contributed by atoms with van der Waals surface area (Å²) >= 11 is 17.4. The van der Waals surface area contributed by atoms with E-state index in [0.717, 1.165) is 22.2 Å². The van der Waals surface area contributed by atoms with E-state index in [-0.39, 0.29) is 37.1 Å². The number of H-pyrrole nitrogens is 1. The van der Waals surface area contributed by atoms with Crippen LogP contribution in [-0.4, -0.2) is 56.3 Å². The van der Waals surface area contributed by atoms with E-state index in [0.29, 0.717) is 25.9 Å². The Morgan fingerprint density at radius 2 is 2.16 bits per heavy atom. The monoisotopic (exact) mass is 486 g/mol. The van der Waals surface area contributed by atoms with Crippen LogP contribution in [0.1, 0.15) is 37.1 Å². The van der Waals surface area contributed by atoms with Gasteiger partial charge in [0.15, 0.2) is 0 Å². The fraction of sp³-hybridized carbons (Fsp3) is 0.591. The van der Waals surface area contributed by atoms with Gasteiger partial charge in [-0.15, -0.1) is 0 Å². The molecular weight excluding hydrogens is 463 g/mol. The van der Waals surface area contributed by atoms with E-state index in [9.17, 15) is 9.90 Å². The third kappa shape index (κ3) is 3.70. The summed E-state index contributed by atoms with van der Waals surface area (Å²) in [6.45, 7) is 2.27. The zero-order valence-corrected chi connectivity index (χ0v) is 19.4. The van der Waals surface area contributed by atoms with Crippen LogP contribution in [-0.2, 0) is 15.9 Å². The summed E-state index contributed by atoms with van der Waals surface area (Å²) < 4.78 is 9.92. The summed E-state index contributed by atoms with van der Waals surface area (Å²) in [5, 5.41) is 12.7. The number of aliphatic hydroxyl groups is 1. The van der Waals surface area contributed by atoms with Gasteiger partial charge in [0.2, 0.25) is 3.79 Å². The molecule has 31 heavy (non-hydrogen) atoms. The molecule has 4 aliphatic rings. The highest BCUT2D eigenvalue weighted by Crippen LogP contribution is 2.51. The maximum atomic E-state index is 13.1. The first-order valence-electron chi connectivity index (χ1n) is 10.6. The molecule has 3 aliphatic heterocycles. The van der Waals surface area contributed by atoms with Crippen molar-refractivity contribution in [2.45, 2.75) is 47.7 Å². The third-order valence-corrected chi connectivity index (χ3v) is 7.62. The minimum atomic E-state index is -1.69. The number of carbonyl (C=O) groups excluding carboxylic acids is 1. The molecule has 2 N–H and O–H groups in total. The quantitative estimate of drug-likeness (QED) is 0.600. The Morgan fingerprint density at radius 1 is 1.39 bits per heavy atom. The highest BCUT2D eigenvalue weighted by molar-refractivity contribution is 6.67. The Kier molecular flexibility index (Phi) is 5.38. The van der Waals surface area contributed by atoms with E-state index in [1.54, 1.807) is 4.90 Å². The lowest BCUT2D eigenvalue weighted by molar-refractivity contribution is -0.186. The molecule has 4 bridgehead atoms. The van der Waals surface area contributed by atoms with Crippen LogP contribution in [0, 0.1) is 11.8 Å². The number of likely N-dealkylation sites (tertiary alicyclic amines) is 1. The molecule has 9 heteroatoms. The number of aromatic amines is 1. The van der Waals surface area contributed by atoms with Gasteiger partial charge in [0.05, 0.1) is 24.9 Å². The van der Waals surface area contributed by atoms with E-state index >= 15 is 0 Å². The number of carbonyl (C=O) groups is 1. The summed E-state index contributed by atoms with van der Waals surface area (Å²) in [7, 11) is 0. The number of rotatable bonds is 2. The second kappa shape index (κ2) is 7.70. The predicted molar refractivity (Wildman–Crippen MR) is 120 cm³/mol. The Bertz CT molecular complexity index is 1010. The van der Waals surface area contributed by atoms with Gasteiger partial charge in [-0.05, 0) is 36.8 Å². The molecule has 5 atom stereocenters. The van der Waals surface area contributed by atoms with Crippen molar-refractivity contribution in [3.05, 3.63) is 35.5 Å². The van der Waals surface area contributed by atoms with E-state index < -0.39 is 15.5 Å². The number of hydrogen-bond donors (Lipinski definition) is 2. The number of halogens is 3. The summed E-state index contributed by atoms with van der Waals surface area (Å²) in [5.74, 6) is 0.0232. The van der Waals surface area contributed by atoms with Crippen LogP contribution >= 0.6 is 34.8 Å². The molecule has 0 radical (unpaired) electrons. The number of fused-ring (bicyclic) bond motifs is 2. The molecule has 6 nitrogen and oxygen atoms in total. The normalized spacial score (nSPS) is 32.5. The van der Waals surface area contributed by atoms with Gasteiger partial charge < -0.3 is 24.5 Å². The second-order valence-electron chi connectivity index (χ2n) is 8.92. The Labute approximate surface area is 195 Å². The van der Waals surface area contributed by atoms with Crippen molar-refractivity contribution in [2.24, 2.45) is 11.8 Å². The van der Waals surface area contributed by atoms with Gasteiger partial charge in [-0.1, -0.05) is 59.9 Å². The molecule has 0 spiro atoms. The van der Waals surface area contributed by atoms with Gasteiger partial charge in [0.1, 0.15) is 6.61 Å². The average molecular weight is 488 g/mol. The number of para-hydroxylation sites is 1. The number of aromatic nitrogens is 1. The maximum absolute atomic E-state index is 13.1. The number of benzene rings is 1. The Morgan fingerprint density at radius 3 is 2.90 bits per heavy atom. The fourth-order valence-electron chi connectivity index (χ4n) is 5.76. The van der Waals surface area contributed by atoms with Crippen LogP contribution in [0.2, 0.25) is 0 Å². The predicted octanol–water partition coefficient (Wildman–Crippen LogP) is 4.75. The molecule has 1 aromatic heterocycles. The lowest BCUT2D eigenvalue weighted by Crippen LogP contribution is -2.67. The molecule has 1 unspecified atom stereocenters. The number of ether oxygens (including phenoxy) is 2. The Hall–Kier alpha value is -1.18. The Balaban J connectivity index is 1.58. The fourth-order valence-corrected chi connectivity index (χ4v) is 5.93. The first-order chi connectivity index (χ1) is 14.7. The van der Waals surface area contributed by atoms with E-state index in [1.807, 2.05) is 25.1 Å². The zero-order chi connectivity index (χ0) is 22.0. The lowest BCUT2D eigenvalue weighted by Gasteiger charge is -2.56. The van der Waals surface area contributed by atoms with Crippen molar-refractivity contribution in [1.29, 1.82) is 0 Å². The molecular formula is C22H25Cl3N2O4. The molecule has 1 aromatic carbocycles. The molecule has 1 aliphatic carbocycles. The van der Waals surface area contributed by atoms with E-state index in [2.05, 4.69) is 11.1 Å². The number of amides is 1. The van der Waals surface area contributed by atoms with Crippen molar-refractivity contribution >= 4 is 51.8 Å². The number of alkyl halides is 3. The van der Waals surface area contributed by atoms with Gasteiger partial charge in [0, 0.05) is 28.6 Å². The highest BCUT2D eigenvalue weighted by Gasteiger charge is 2.56. The number of hydrogen-bond acceptors (Lipinski definition) is 4. The number of nitrogens with one attached hydrogen (secondary N) is 1. The minimum absolute atomic E-state index is 0.00271. The first kappa shape index (κ1) is 21.7. The van der Waals surface area contributed by atoms with E-state index in [1.165, 1.54) is 0 Å². The van der Waals surface area contributed by atoms with Crippen LogP contribution in [0.5, 0.6) is 0 Å². The van der Waals surface area contributed by atoms with Crippen molar-refractivity contribution in [3.8, 4) is 0 Å². The third-order valence-electron chi connectivity index (χ3n) is 7.29. The van der Waals surface area contributed by atoms with Gasteiger partial charge in [0.25, 0.3) is 0 Å². The number of piperidine rings is 1. The van der Waals surface area contributed by atoms with Crippen LogP contribution in [0.4, 0.5) is 4.79 Å². The SMILES string of the molecule is CC[C@@]1(O)CN(C(=O)OCC(Cl)(Cl)Cl)C2Cc3c([nH]c4ccccc34)[C@@H]3C[C@@H]1[C@@H]2CO3. The summed E-state index contributed by atoms with van der Waals surface area (Å²) in [6, 6.07) is 7.97. The molecule has 4 heterocycles. The van der Waals surface area contributed by atoms with Gasteiger partial charge >= 0.3 is 6.09 Å². The largest absolute Gasteiger partial charge is 0.445 e. The van der Waals surface area contributed by atoms with Crippen molar-refractivity contribution in [1.82, 2.24) is 9.88 Å². The molecule has 2 saturated heterocycles. The summed E-state index contributed by atoms with van der Waals surface area (Å²) in [5.41, 5.74) is 2.23. The standard InChI is InChI=1S/C22H25Cl3N2O4/c1-2-21(29)10-27(20(28)31-11-22(23,24)25)17-7-13-12-5-3-4-6-16(12)26-19(13)18-8-15(21)14(17)9-30-18/h3-6,14-15,17-18,26,29H,2,7-11H2,1H3/t14-,15+,17?,18-,21+/m0/s1. The zero-order valence-electron chi connectivity index (χ0n) is 17.1. The molecule has 2 aromatic rings. The average Bonchev–Trinajstić information content (AvgIpc) is 3.09. The lowest BCUT2D eigenvalue weighted by atomic mass is 9.63. The molecule has 6 rings (SSSR count). The minimum Gasteiger partial charge on any atom is -0.445 e. The number of nitrogens with zero attached hydrogens (tertiary/aromatic N) is 1. The smallest absolute Gasteiger partial charge is 0.410 e. The van der Waals surface area contributed by atoms with Gasteiger partial charge in [-0.25, -0.2) is 4.79 Å². The highest BCUT2D eigenvalue weighted by atomic mass is 35.6. The molecule has 1 amide bonds. The first-order valence-corrected chi connectivity index (χ1v) is 11.8. The van der Waals surface area contributed by atoms with Crippen molar-refractivity contribution < 1.29 is 19.4 Å². The van der Waals surface area contributed by atoms with Crippen molar-refractivity contribution in [3.63, 3.8) is 0 Å². The van der Waals surface area contributed by atoms with Crippen molar-refractivity contribution in [2.75, 3.05) is 19.8 Å². The van der Waals surface area contributed by atoms with Crippen LogP contribution < -0.4 is 0 Å². The molecule has 0 saturated carbocycles.